The first-order chi connectivity index (χ1) is 10.8. The van der Waals surface area contributed by atoms with Crippen molar-refractivity contribution in [1.29, 1.82) is 0 Å². The lowest BCUT2D eigenvalue weighted by Crippen LogP contribution is -2.36. The predicted octanol–water partition coefficient (Wildman–Crippen LogP) is 1.85. The zero-order valence-electron chi connectivity index (χ0n) is 12.0. The average Bonchev–Trinajstić information content (AvgIpc) is 3.02. The number of fused-ring (bicyclic) bond motifs is 1. The molecule has 3 rings (SSSR count). The number of carbonyl (C=O) groups is 1. The first-order valence-electron chi connectivity index (χ1n) is 7.10. The van der Waals surface area contributed by atoms with E-state index >= 15 is 0 Å². The number of benzene rings is 1. The Morgan fingerprint density at radius 3 is 2.91 bits per heavy atom. The second kappa shape index (κ2) is 6.80. The lowest BCUT2D eigenvalue weighted by Gasteiger charge is -2.08. The maximum absolute atomic E-state index is 11.7. The number of carbonyl (C=O) groups excluding carboxylic acids is 1. The van der Waals surface area contributed by atoms with Crippen LogP contribution in [-0.4, -0.2) is 24.4 Å². The van der Waals surface area contributed by atoms with E-state index in [0.29, 0.717) is 13.1 Å². The topological polar surface area (TPSA) is 72.5 Å². The lowest BCUT2D eigenvalue weighted by molar-refractivity contribution is 0.174. The van der Waals surface area contributed by atoms with E-state index in [-0.39, 0.29) is 12.8 Å². The molecule has 2 N–H and O–H groups in total. The monoisotopic (exact) mass is 299 g/mol. The molecule has 22 heavy (non-hydrogen) atoms. The number of rotatable bonds is 5. The Hall–Kier alpha value is -2.76. The average molecular weight is 299 g/mol. The zero-order valence-corrected chi connectivity index (χ0v) is 12.0. The third kappa shape index (κ3) is 3.66. The fourth-order valence-electron chi connectivity index (χ4n) is 2.16. The number of urea groups is 1. The van der Waals surface area contributed by atoms with Gasteiger partial charge in [-0.15, -0.1) is 0 Å². The van der Waals surface area contributed by atoms with Crippen LogP contribution in [0.3, 0.4) is 0 Å². The van der Waals surface area contributed by atoms with Crippen molar-refractivity contribution in [1.82, 2.24) is 15.6 Å². The second-order valence-electron chi connectivity index (χ2n) is 4.91. The third-order valence-electron chi connectivity index (χ3n) is 3.31. The molecule has 0 radical (unpaired) electrons. The van der Waals surface area contributed by atoms with Gasteiger partial charge in [0.15, 0.2) is 11.5 Å². The van der Waals surface area contributed by atoms with Crippen molar-refractivity contribution in [2.24, 2.45) is 0 Å². The minimum atomic E-state index is -0.190. The molecular formula is C16H17N3O3. The number of ether oxygens (including phenoxy) is 2. The van der Waals surface area contributed by atoms with Gasteiger partial charge in [-0.3, -0.25) is 4.98 Å². The standard InChI is InChI=1S/C16H17N3O3/c20-16(19-10-13-2-1-6-17-9-13)18-7-5-12-3-4-14-15(8-12)22-11-21-14/h1-4,6,8-9H,5,7,10-11H2,(H2,18,19,20). The molecule has 1 aliphatic rings. The number of amides is 2. The summed E-state index contributed by atoms with van der Waals surface area (Å²) in [5.41, 5.74) is 2.06. The van der Waals surface area contributed by atoms with Crippen LogP contribution in [0.25, 0.3) is 0 Å². The van der Waals surface area contributed by atoms with Crippen LogP contribution in [-0.2, 0) is 13.0 Å². The van der Waals surface area contributed by atoms with Gasteiger partial charge in [0.2, 0.25) is 6.79 Å². The summed E-state index contributed by atoms with van der Waals surface area (Å²) in [6, 6.07) is 9.37. The molecule has 2 amide bonds. The summed E-state index contributed by atoms with van der Waals surface area (Å²) in [4.78, 5) is 15.7. The smallest absolute Gasteiger partial charge is 0.315 e. The highest BCUT2D eigenvalue weighted by atomic mass is 16.7. The van der Waals surface area contributed by atoms with Crippen molar-refractivity contribution in [3.63, 3.8) is 0 Å². The largest absolute Gasteiger partial charge is 0.454 e. The normalized spacial score (nSPS) is 12.0. The van der Waals surface area contributed by atoms with E-state index in [9.17, 15) is 4.79 Å². The van der Waals surface area contributed by atoms with Gasteiger partial charge < -0.3 is 20.1 Å². The van der Waals surface area contributed by atoms with E-state index in [1.54, 1.807) is 12.4 Å². The van der Waals surface area contributed by atoms with E-state index in [0.717, 1.165) is 29.0 Å². The highest BCUT2D eigenvalue weighted by Crippen LogP contribution is 2.32. The molecule has 0 unspecified atom stereocenters. The number of pyridine rings is 1. The van der Waals surface area contributed by atoms with E-state index < -0.39 is 0 Å². The van der Waals surface area contributed by atoms with Crippen LogP contribution in [0.15, 0.2) is 42.7 Å². The molecule has 0 atom stereocenters. The minimum Gasteiger partial charge on any atom is -0.454 e. The Balaban J connectivity index is 1.40. The highest BCUT2D eigenvalue weighted by Gasteiger charge is 2.12. The van der Waals surface area contributed by atoms with Crippen LogP contribution in [0.1, 0.15) is 11.1 Å². The van der Waals surface area contributed by atoms with Crippen molar-refractivity contribution in [3.8, 4) is 11.5 Å². The second-order valence-corrected chi connectivity index (χ2v) is 4.91. The molecule has 6 nitrogen and oxygen atoms in total. The van der Waals surface area contributed by atoms with Crippen LogP contribution in [0, 0.1) is 0 Å². The van der Waals surface area contributed by atoms with E-state index in [2.05, 4.69) is 15.6 Å². The number of aromatic nitrogens is 1. The quantitative estimate of drug-likeness (QED) is 0.884. The fraction of sp³-hybridized carbons (Fsp3) is 0.250. The number of hydrogen-bond donors (Lipinski definition) is 2. The first kappa shape index (κ1) is 14.2. The Labute approximate surface area is 128 Å². The molecule has 114 valence electrons. The van der Waals surface area contributed by atoms with E-state index in [4.69, 9.17) is 9.47 Å². The summed E-state index contributed by atoms with van der Waals surface area (Å²) >= 11 is 0. The third-order valence-corrected chi connectivity index (χ3v) is 3.31. The number of nitrogens with one attached hydrogen (secondary N) is 2. The molecule has 2 aromatic rings. The van der Waals surface area contributed by atoms with Gasteiger partial charge in [0, 0.05) is 25.5 Å². The molecule has 0 bridgehead atoms. The van der Waals surface area contributed by atoms with Crippen molar-refractivity contribution < 1.29 is 14.3 Å². The summed E-state index contributed by atoms with van der Waals surface area (Å²) in [6.45, 7) is 1.29. The summed E-state index contributed by atoms with van der Waals surface area (Å²) in [6.07, 6.45) is 4.17. The summed E-state index contributed by atoms with van der Waals surface area (Å²) in [5.74, 6) is 1.53. The van der Waals surface area contributed by atoms with E-state index in [1.165, 1.54) is 0 Å². The first-order valence-corrected chi connectivity index (χ1v) is 7.10. The van der Waals surface area contributed by atoms with Gasteiger partial charge in [-0.2, -0.15) is 0 Å². The van der Waals surface area contributed by atoms with Gasteiger partial charge in [-0.1, -0.05) is 12.1 Å². The predicted molar refractivity (Wildman–Crippen MR) is 80.7 cm³/mol. The van der Waals surface area contributed by atoms with Gasteiger partial charge in [0.25, 0.3) is 0 Å². The van der Waals surface area contributed by atoms with Crippen molar-refractivity contribution in [2.75, 3.05) is 13.3 Å². The van der Waals surface area contributed by atoms with Gasteiger partial charge in [0.1, 0.15) is 0 Å². The summed E-state index contributed by atoms with van der Waals surface area (Å²) < 4.78 is 10.6. The summed E-state index contributed by atoms with van der Waals surface area (Å²) in [7, 11) is 0. The van der Waals surface area contributed by atoms with Gasteiger partial charge >= 0.3 is 6.03 Å². The van der Waals surface area contributed by atoms with Crippen molar-refractivity contribution in [3.05, 3.63) is 53.9 Å². The molecule has 0 spiro atoms. The van der Waals surface area contributed by atoms with Crippen LogP contribution in [0.4, 0.5) is 4.79 Å². The molecule has 1 aromatic heterocycles. The molecule has 6 heteroatoms. The number of hydrogen-bond acceptors (Lipinski definition) is 4. The maximum Gasteiger partial charge on any atom is 0.315 e. The Kier molecular flexibility index (Phi) is 4.38. The van der Waals surface area contributed by atoms with Crippen LogP contribution in [0.2, 0.25) is 0 Å². The molecule has 2 heterocycles. The van der Waals surface area contributed by atoms with Crippen LogP contribution < -0.4 is 20.1 Å². The van der Waals surface area contributed by atoms with E-state index in [1.807, 2.05) is 30.3 Å². The Morgan fingerprint density at radius 2 is 2.05 bits per heavy atom. The zero-order chi connectivity index (χ0) is 15.2. The molecule has 1 aromatic carbocycles. The van der Waals surface area contributed by atoms with Gasteiger partial charge in [-0.25, -0.2) is 4.79 Å². The lowest BCUT2D eigenvalue weighted by atomic mass is 10.1. The van der Waals surface area contributed by atoms with Crippen LogP contribution in [0.5, 0.6) is 11.5 Å². The van der Waals surface area contributed by atoms with Gasteiger partial charge in [-0.05, 0) is 35.7 Å². The highest BCUT2D eigenvalue weighted by molar-refractivity contribution is 5.73. The molecule has 0 aliphatic carbocycles. The maximum atomic E-state index is 11.7. The van der Waals surface area contributed by atoms with Crippen molar-refractivity contribution in [2.45, 2.75) is 13.0 Å². The molecule has 0 saturated heterocycles. The Bertz CT molecular complexity index is 646. The molecule has 0 saturated carbocycles. The fourth-order valence-corrected chi connectivity index (χ4v) is 2.16. The molecular weight excluding hydrogens is 282 g/mol. The van der Waals surface area contributed by atoms with Crippen molar-refractivity contribution >= 4 is 6.03 Å². The summed E-state index contributed by atoms with van der Waals surface area (Å²) in [5, 5.41) is 5.62. The minimum absolute atomic E-state index is 0.190. The molecule has 0 fully saturated rings. The number of nitrogens with zero attached hydrogens (tertiary/aromatic N) is 1. The molecule has 1 aliphatic heterocycles. The van der Waals surface area contributed by atoms with Crippen LogP contribution >= 0.6 is 0 Å². The SMILES string of the molecule is O=C(NCCc1ccc2c(c1)OCO2)NCc1cccnc1. The van der Waals surface area contributed by atoms with Gasteiger partial charge in [0.05, 0.1) is 0 Å². The Morgan fingerprint density at radius 1 is 1.14 bits per heavy atom.